The summed E-state index contributed by atoms with van der Waals surface area (Å²) in [5.41, 5.74) is 1.96. The molecule has 0 bridgehead atoms. The quantitative estimate of drug-likeness (QED) is 0.818. The van der Waals surface area contributed by atoms with Crippen molar-refractivity contribution < 1.29 is 13.2 Å². The lowest BCUT2D eigenvalue weighted by Gasteiger charge is -2.28. The summed E-state index contributed by atoms with van der Waals surface area (Å²) in [5.74, 6) is 0.102. The zero-order valence-corrected chi connectivity index (χ0v) is 15.9. The fraction of sp³-hybridized carbons (Fsp3) is 0.350. The minimum absolute atomic E-state index is 0.00940. The Kier molecular flexibility index (Phi) is 5.44. The van der Waals surface area contributed by atoms with Crippen LogP contribution >= 0.6 is 0 Å². The molecule has 1 fully saturated rings. The van der Waals surface area contributed by atoms with Crippen LogP contribution < -0.4 is 4.72 Å². The fourth-order valence-electron chi connectivity index (χ4n) is 3.17. The summed E-state index contributed by atoms with van der Waals surface area (Å²) < 4.78 is 27.6. The first-order valence-electron chi connectivity index (χ1n) is 8.77. The standard InChI is InChI=1S/C20H24N2O3S/c1-15-6-8-19(9-7-15)26(24,25)21-18-5-3-4-17(14-18)20(23)16-10-12-22(2)13-11-16/h3-9,14,16,21H,10-13H2,1-2H3. The summed E-state index contributed by atoms with van der Waals surface area (Å²) in [6.45, 7) is 3.73. The maximum Gasteiger partial charge on any atom is 0.261 e. The Morgan fingerprint density at radius 2 is 1.73 bits per heavy atom. The van der Waals surface area contributed by atoms with E-state index in [1.165, 1.54) is 0 Å². The van der Waals surface area contributed by atoms with Crippen LogP contribution in [0.4, 0.5) is 5.69 Å². The molecule has 1 aliphatic rings. The van der Waals surface area contributed by atoms with Crippen molar-refractivity contribution in [1.82, 2.24) is 4.90 Å². The summed E-state index contributed by atoms with van der Waals surface area (Å²) in [6, 6.07) is 13.4. The normalized spacial score (nSPS) is 16.4. The number of nitrogens with zero attached hydrogens (tertiary/aromatic N) is 1. The Morgan fingerprint density at radius 3 is 2.38 bits per heavy atom. The molecule has 26 heavy (non-hydrogen) atoms. The lowest BCUT2D eigenvalue weighted by Crippen LogP contribution is -2.33. The van der Waals surface area contributed by atoms with E-state index in [1.54, 1.807) is 48.5 Å². The Bertz CT molecular complexity index is 884. The molecule has 0 aromatic heterocycles. The van der Waals surface area contributed by atoms with Crippen LogP contribution in [0.3, 0.4) is 0 Å². The zero-order valence-electron chi connectivity index (χ0n) is 15.1. The Morgan fingerprint density at radius 1 is 1.08 bits per heavy atom. The first kappa shape index (κ1) is 18.6. The van der Waals surface area contributed by atoms with Gasteiger partial charge in [-0.15, -0.1) is 0 Å². The molecule has 0 saturated carbocycles. The van der Waals surface area contributed by atoms with Gasteiger partial charge in [0.1, 0.15) is 0 Å². The monoisotopic (exact) mass is 372 g/mol. The highest BCUT2D eigenvalue weighted by molar-refractivity contribution is 7.92. The molecule has 0 radical (unpaired) electrons. The second kappa shape index (κ2) is 7.60. The maximum absolute atomic E-state index is 12.7. The molecular formula is C20H24N2O3S. The number of carbonyl (C=O) groups is 1. The first-order chi connectivity index (χ1) is 12.3. The molecule has 1 saturated heterocycles. The molecule has 1 heterocycles. The predicted octanol–water partition coefficient (Wildman–Crippen LogP) is 3.32. The van der Waals surface area contributed by atoms with Crippen LogP contribution in [0.15, 0.2) is 53.4 Å². The SMILES string of the molecule is Cc1ccc(S(=O)(=O)Nc2cccc(C(=O)C3CCN(C)CC3)c2)cc1. The molecule has 0 spiro atoms. The van der Waals surface area contributed by atoms with Crippen LogP contribution in [-0.4, -0.2) is 39.2 Å². The Hall–Kier alpha value is -2.18. The van der Waals surface area contributed by atoms with E-state index in [-0.39, 0.29) is 16.6 Å². The molecule has 0 amide bonds. The van der Waals surface area contributed by atoms with E-state index in [1.807, 2.05) is 6.92 Å². The number of sulfonamides is 1. The van der Waals surface area contributed by atoms with Gasteiger partial charge in [0.15, 0.2) is 5.78 Å². The van der Waals surface area contributed by atoms with Crippen molar-refractivity contribution in [1.29, 1.82) is 0 Å². The number of carbonyl (C=O) groups excluding carboxylic acids is 1. The number of benzene rings is 2. The average Bonchev–Trinajstić information content (AvgIpc) is 2.62. The number of rotatable bonds is 5. The number of Topliss-reactive ketones (excluding diaryl/α,β-unsaturated/α-hetero) is 1. The Labute approximate surface area is 155 Å². The highest BCUT2D eigenvalue weighted by atomic mass is 32.2. The molecule has 6 heteroatoms. The summed E-state index contributed by atoms with van der Waals surface area (Å²) in [6.07, 6.45) is 1.68. The van der Waals surface area contributed by atoms with Crippen molar-refractivity contribution in [2.24, 2.45) is 5.92 Å². The molecule has 5 nitrogen and oxygen atoms in total. The van der Waals surface area contributed by atoms with Gasteiger partial charge >= 0.3 is 0 Å². The second-order valence-electron chi connectivity index (χ2n) is 6.94. The number of ketones is 1. The molecule has 138 valence electrons. The summed E-state index contributed by atoms with van der Waals surface area (Å²) >= 11 is 0. The van der Waals surface area contributed by atoms with E-state index in [2.05, 4.69) is 16.7 Å². The van der Waals surface area contributed by atoms with Crippen LogP contribution in [0.5, 0.6) is 0 Å². The topological polar surface area (TPSA) is 66.5 Å². The number of likely N-dealkylation sites (tertiary alicyclic amines) is 1. The van der Waals surface area contributed by atoms with Gasteiger partial charge in [0.25, 0.3) is 10.0 Å². The molecule has 2 aromatic rings. The number of piperidine rings is 1. The number of hydrogen-bond donors (Lipinski definition) is 1. The Balaban J connectivity index is 1.77. The fourth-order valence-corrected chi connectivity index (χ4v) is 4.22. The zero-order chi connectivity index (χ0) is 18.7. The third-order valence-corrected chi connectivity index (χ3v) is 6.22. The van der Waals surface area contributed by atoms with E-state index in [0.717, 1.165) is 31.5 Å². The summed E-state index contributed by atoms with van der Waals surface area (Å²) in [7, 11) is -1.62. The third kappa shape index (κ3) is 4.31. The van der Waals surface area contributed by atoms with E-state index >= 15 is 0 Å². The van der Waals surface area contributed by atoms with Gasteiger partial charge in [0.2, 0.25) is 0 Å². The van der Waals surface area contributed by atoms with Crippen molar-refractivity contribution in [3.05, 3.63) is 59.7 Å². The van der Waals surface area contributed by atoms with Crippen LogP contribution in [0, 0.1) is 12.8 Å². The van der Waals surface area contributed by atoms with Crippen LogP contribution in [-0.2, 0) is 10.0 Å². The highest BCUT2D eigenvalue weighted by Crippen LogP contribution is 2.23. The molecule has 0 unspecified atom stereocenters. The molecule has 0 atom stereocenters. The van der Waals surface area contributed by atoms with Crippen LogP contribution in [0.2, 0.25) is 0 Å². The summed E-state index contributed by atoms with van der Waals surface area (Å²) in [4.78, 5) is 15.2. The molecular weight excluding hydrogens is 348 g/mol. The van der Waals surface area contributed by atoms with Gasteiger partial charge in [-0.1, -0.05) is 29.8 Å². The minimum atomic E-state index is -3.67. The van der Waals surface area contributed by atoms with Crippen molar-refractivity contribution in [2.75, 3.05) is 24.9 Å². The molecule has 1 aliphatic heterocycles. The van der Waals surface area contributed by atoms with Gasteiger partial charge in [-0.3, -0.25) is 9.52 Å². The highest BCUT2D eigenvalue weighted by Gasteiger charge is 2.24. The van der Waals surface area contributed by atoms with Gasteiger partial charge in [0.05, 0.1) is 4.90 Å². The maximum atomic E-state index is 12.7. The molecule has 3 rings (SSSR count). The number of hydrogen-bond acceptors (Lipinski definition) is 4. The third-order valence-electron chi connectivity index (χ3n) is 4.82. The summed E-state index contributed by atoms with van der Waals surface area (Å²) in [5, 5.41) is 0. The van der Waals surface area contributed by atoms with E-state index < -0.39 is 10.0 Å². The molecule has 2 aromatic carbocycles. The average molecular weight is 372 g/mol. The number of aryl methyl sites for hydroxylation is 1. The van der Waals surface area contributed by atoms with Gasteiger partial charge in [0, 0.05) is 17.2 Å². The van der Waals surface area contributed by atoms with Crippen molar-refractivity contribution >= 4 is 21.5 Å². The van der Waals surface area contributed by atoms with E-state index in [0.29, 0.717) is 11.3 Å². The van der Waals surface area contributed by atoms with Crippen molar-refractivity contribution in [3.8, 4) is 0 Å². The molecule has 1 N–H and O–H groups in total. The van der Waals surface area contributed by atoms with Crippen LogP contribution in [0.25, 0.3) is 0 Å². The van der Waals surface area contributed by atoms with Gasteiger partial charge in [-0.2, -0.15) is 0 Å². The van der Waals surface area contributed by atoms with Gasteiger partial charge in [-0.05, 0) is 64.2 Å². The van der Waals surface area contributed by atoms with Crippen LogP contribution in [0.1, 0.15) is 28.8 Å². The number of anilines is 1. The molecule has 0 aliphatic carbocycles. The van der Waals surface area contributed by atoms with E-state index in [4.69, 9.17) is 0 Å². The lowest BCUT2D eigenvalue weighted by atomic mass is 9.89. The largest absolute Gasteiger partial charge is 0.306 e. The first-order valence-corrected chi connectivity index (χ1v) is 10.3. The van der Waals surface area contributed by atoms with E-state index in [9.17, 15) is 13.2 Å². The predicted molar refractivity (Wildman–Crippen MR) is 103 cm³/mol. The number of nitrogens with one attached hydrogen (secondary N) is 1. The minimum Gasteiger partial charge on any atom is -0.306 e. The van der Waals surface area contributed by atoms with Crippen molar-refractivity contribution in [3.63, 3.8) is 0 Å². The van der Waals surface area contributed by atoms with Gasteiger partial charge in [-0.25, -0.2) is 8.42 Å². The van der Waals surface area contributed by atoms with Gasteiger partial charge < -0.3 is 4.90 Å². The van der Waals surface area contributed by atoms with Crippen molar-refractivity contribution in [2.45, 2.75) is 24.7 Å². The lowest BCUT2D eigenvalue weighted by molar-refractivity contribution is 0.0857. The smallest absolute Gasteiger partial charge is 0.261 e. The second-order valence-corrected chi connectivity index (χ2v) is 8.62.